The Hall–Kier alpha value is -1.57. The molecule has 1 aliphatic rings. The van der Waals surface area contributed by atoms with E-state index in [1.807, 2.05) is 29.6 Å². The summed E-state index contributed by atoms with van der Waals surface area (Å²) < 4.78 is 1.89. The number of nitrogens with two attached hydrogens (primary N) is 1. The molecule has 3 heterocycles. The van der Waals surface area contributed by atoms with Crippen molar-refractivity contribution in [1.29, 1.82) is 0 Å². The van der Waals surface area contributed by atoms with Gasteiger partial charge in [0.25, 0.3) is 5.91 Å². The van der Waals surface area contributed by atoms with Crippen LogP contribution in [0.15, 0.2) is 34.8 Å². The maximum Gasteiger partial charge on any atom is 0.255 e. The van der Waals surface area contributed by atoms with Gasteiger partial charge >= 0.3 is 0 Å². The van der Waals surface area contributed by atoms with Crippen LogP contribution in [0.25, 0.3) is 0 Å². The van der Waals surface area contributed by atoms with Gasteiger partial charge in [-0.05, 0) is 43.6 Å². The van der Waals surface area contributed by atoms with Gasteiger partial charge in [-0.3, -0.25) is 4.79 Å². The van der Waals surface area contributed by atoms with Crippen LogP contribution in [0, 0.1) is 5.92 Å². The van der Waals surface area contributed by atoms with E-state index in [0.29, 0.717) is 34.6 Å². The molecule has 24 heavy (non-hydrogen) atoms. The van der Waals surface area contributed by atoms with Crippen molar-refractivity contribution in [2.75, 3.05) is 13.1 Å². The van der Waals surface area contributed by atoms with Crippen molar-refractivity contribution in [3.63, 3.8) is 0 Å². The summed E-state index contributed by atoms with van der Waals surface area (Å²) >= 11 is 7.70. The van der Waals surface area contributed by atoms with Crippen molar-refractivity contribution in [3.8, 4) is 0 Å². The van der Waals surface area contributed by atoms with Crippen LogP contribution in [0.2, 0.25) is 5.02 Å². The molecule has 6 nitrogen and oxygen atoms in total. The number of carbonyl (C=O) groups excluding carboxylic acids is 1. The van der Waals surface area contributed by atoms with Gasteiger partial charge in [-0.25, -0.2) is 9.97 Å². The van der Waals surface area contributed by atoms with Gasteiger partial charge in [0, 0.05) is 38.2 Å². The SMILES string of the molecule is CC1CC(CN)CN1C(=O)c1cnc(Sc2nccn2C)c(Cl)c1. The number of hydrogen-bond acceptors (Lipinski definition) is 5. The molecular weight excluding hydrogens is 346 g/mol. The highest BCUT2D eigenvalue weighted by atomic mass is 35.5. The van der Waals surface area contributed by atoms with Crippen molar-refractivity contribution in [3.05, 3.63) is 35.2 Å². The zero-order chi connectivity index (χ0) is 17.3. The number of imidazole rings is 1. The first-order chi connectivity index (χ1) is 11.5. The number of carbonyl (C=O) groups is 1. The Bertz CT molecular complexity index is 750. The number of likely N-dealkylation sites (tertiary alicyclic amines) is 1. The first-order valence-corrected chi connectivity index (χ1v) is 9.00. The Labute approximate surface area is 150 Å². The average molecular weight is 366 g/mol. The molecule has 0 aliphatic carbocycles. The molecule has 0 saturated carbocycles. The Kier molecular flexibility index (Phi) is 5.12. The lowest BCUT2D eigenvalue weighted by atomic mass is 10.1. The van der Waals surface area contributed by atoms with Crippen LogP contribution >= 0.6 is 23.4 Å². The van der Waals surface area contributed by atoms with Gasteiger partial charge in [-0.1, -0.05) is 11.6 Å². The number of amides is 1. The van der Waals surface area contributed by atoms with Gasteiger partial charge in [0.15, 0.2) is 5.16 Å². The minimum atomic E-state index is -0.0404. The predicted molar refractivity (Wildman–Crippen MR) is 94.2 cm³/mol. The fourth-order valence-electron chi connectivity index (χ4n) is 2.92. The number of rotatable bonds is 4. The van der Waals surface area contributed by atoms with E-state index < -0.39 is 0 Å². The Balaban J connectivity index is 1.77. The summed E-state index contributed by atoms with van der Waals surface area (Å²) in [5.41, 5.74) is 6.24. The number of aromatic nitrogens is 3. The molecule has 8 heteroatoms. The summed E-state index contributed by atoms with van der Waals surface area (Å²) in [5.74, 6) is 0.326. The zero-order valence-corrected chi connectivity index (χ0v) is 15.2. The van der Waals surface area contributed by atoms with E-state index in [4.69, 9.17) is 17.3 Å². The van der Waals surface area contributed by atoms with Crippen LogP contribution in [0.3, 0.4) is 0 Å². The monoisotopic (exact) mass is 365 g/mol. The molecule has 2 aromatic rings. The molecule has 2 N–H and O–H groups in total. The van der Waals surface area contributed by atoms with Crippen molar-refractivity contribution in [2.45, 2.75) is 29.6 Å². The van der Waals surface area contributed by atoms with Gasteiger partial charge in [0.1, 0.15) is 5.03 Å². The molecule has 1 amide bonds. The van der Waals surface area contributed by atoms with E-state index in [0.717, 1.165) is 11.6 Å². The van der Waals surface area contributed by atoms with E-state index in [9.17, 15) is 4.79 Å². The van der Waals surface area contributed by atoms with Gasteiger partial charge in [-0.2, -0.15) is 0 Å². The lowest BCUT2D eigenvalue weighted by molar-refractivity contribution is 0.0743. The second kappa shape index (κ2) is 7.13. The molecule has 2 aromatic heterocycles. The summed E-state index contributed by atoms with van der Waals surface area (Å²) in [6.45, 7) is 3.35. The highest BCUT2D eigenvalue weighted by Crippen LogP contribution is 2.31. The number of hydrogen-bond donors (Lipinski definition) is 1. The molecule has 0 spiro atoms. The lowest BCUT2D eigenvalue weighted by Gasteiger charge is -2.21. The molecule has 0 aromatic carbocycles. The van der Waals surface area contributed by atoms with Crippen molar-refractivity contribution in [2.24, 2.45) is 18.7 Å². The molecule has 0 radical (unpaired) electrons. The first-order valence-electron chi connectivity index (χ1n) is 7.81. The largest absolute Gasteiger partial charge is 0.336 e. The van der Waals surface area contributed by atoms with Crippen molar-refractivity contribution >= 4 is 29.3 Å². The summed E-state index contributed by atoms with van der Waals surface area (Å²) in [6.07, 6.45) is 6.10. The Morgan fingerprint density at radius 1 is 1.50 bits per heavy atom. The third-order valence-corrected chi connectivity index (χ3v) is 5.77. The predicted octanol–water partition coefficient (Wildman–Crippen LogP) is 2.43. The summed E-state index contributed by atoms with van der Waals surface area (Å²) in [4.78, 5) is 23.2. The van der Waals surface area contributed by atoms with Gasteiger partial charge in [-0.15, -0.1) is 0 Å². The highest BCUT2D eigenvalue weighted by Gasteiger charge is 2.32. The highest BCUT2D eigenvalue weighted by molar-refractivity contribution is 7.99. The summed E-state index contributed by atoms with van der Waals surface area (Å²) in [6, 6.07) is 1.87. The first kappa shape index (κ1) is 17.3. The number of nitrogens with zero attached hydrogens (tertiary/aromatic N) is 4. The van der Waals surface area contributed by atoms with E-state index in [-0.39, 0.29) is 11.9 Å². The quantitative estimate of drug-likeness (QED) is 0.900. The Morgan fingerprint density at radius 3 is 2.88 bits per heavy atom. The third kappa shape index (κ3) is 3.43. The standard InChI is InChI=1S/C16H20ClN5OS/c1-10-5-11(7-18)9-22(10)15(23)12-6-13(17)14(20-8-12)24-16-19-3-4-21(16)2/h3-4,6,8,10-11H,5,7,9,18H2,1-2H3. The van der Waals surface area contributed by atoms with E-state index in [1.54, 1.807) is 18.5 Å². The van der Waals surface area contributed by atoms with Gasteiger partial charge < -0.3 is 15.2 Å². The van der Waals surface area contributed by atoms with E-state index in [2.05, 4.69) is 9.97 Å². The molecule has 2 atom stereocenters. The van der Waals surface area contributed by atoms with Crippen LogP contribution in [0.5, 0.6) is 0 Å². The van der Waals surface area contributed by atoms with Gasteiger partial charge in [0.2, 0.25) is 0 Å². The minimum absolute atomic E-state index is 0.0404. The third-order valence-electron chi connectivity index (χ3n) is 4.27. The molecule has 1 aliphatic heterocycles. The van der Waals surface area contributed by atoms with Crippen LogP contribution in [-0.4, -0.2) is 44.5 Å². The minimum Gasteiger partial charge on any atom is -0.336 e. The second-order valence-electron chi connectivity index (χ2n) is 6.08. The van der Waals surface area contributed by atoms with E-state index >= 15 is 0 Å². The van der Waals surface area contributed by atoms with Crippen LogP contribution in [0.4, 0.5) is 0 Å². The molecule has 1 fully saturated rings. The molecule has 0 bridgehead atoms. The number of pyridine rings is 1. The zero-order valence-electron chi connectivity index (χ0n) is 13.6. The number of aryl methyl sites for hydroxylation is 1. The van der Waals surface area contributed by atoms with E-state index in [1.165, 1.54) is 11.8 Å². The lowest BCUT2D eigenvalue weighted by Crippen LogP contribution is -2.34. The normalized spacial score (nSPS) is 20.6. The topological polar surface area (TPSA) is 77.0 Å². The second-order valence-corrected chi connectivity index (χ2v) is 7.44. The van der Waals surface area contributed by atoms with Crippen molar-refractivity contribution < 1.29 is 4.79 Å². The Morgan fingerprint density at radius 2 is 2.29 bits per heavy atom. The molecular formula is C16H20ClN5OS. The fraction of sp³-hybridized carbons (Fsp3) is 0.438. The summed E-state index contributed by atoms with van der Waals surface area (Å²) in [5, 5.41) is 1.88. The molecule has 3 rings (SSSR count). The summed E-state index contributed by atoms with van der Waals surface area (Å²) in [7, 11) is 1.91. The maximum atomic E-state index is 12.7. The maximum absolute atomic E-state index is 12.7. The molecule has 1 saturated heterocycles. The molecule has 128 valence electrons. The van der Waals surface area contributed by atoms with Crippen LogP contribution in [-0.2, 0) is 7.05 Å². The number of halogens is 1. The van der Waals surface area contributed by atoms with Crippen molar-refractivity contribution in [1.82, 2.24) is 19.4 Å². The smallest absolute Gasteiger partial charge is 0.255 e. The molecule has 2 unspecified atom stereocenters. The van der Waals surface area contributed by atoms with Crippen LogP contribution < -0.4 is 5.73 Å². The van der Waals surface area contributed by atoms with Gasteiger partial charge in [0.05, 0.1) is 10.6 Å². The van der Waals surface area contributed by atoms with Crippen LogP contribution in [0.1, 0.15) is 23.7 Å². The average Bonchev–Trinajstić information content (AvgIpc) is 3.14. The fourth-order valence-corrected chi connectivity index (χ4v) is 3.95.